The van der Waals surface area contributed by atoms with Crippen LogP contribution in [0.25, 0.3) is 10.9 Å². The number of fused-ring (bicyclic) bond motifs is 1. The number of rotatable bonds is 4. The molecule has 0 radical (unpaired) electrons. The molecule has 3 aromatic rings. The number of anilines is 1. The Balaban J connectivity index is 1.70. The van der Waals surface area contributed by atoms with Crippen LogP contribution >= 0.6 is 23.2 Å². The second-order valence-corrected chi connectivity index (χ2v) is 6.06. The third-order valence-corrected chi connectivity index (χ3v) is 3.95. The van der Waals surface area contributed by atoms with E-state index in [0.29, 0.717) is 21.6 Å². The van der Waals surface area contributed by atoms with Gasteiger partial charge in [-0.2, -0.15) is 0 Å². The van der Waals surface area contributed by atoms with Gasteiger partial charge in [0.1, 0.15) is 11.6 Å². The summed E-state index contributed by atoms with van der Waals surface area (Å²) in [4.78, 5) is 16.7. The SMILES string of the molecule is CC(Oc1ccc(Cl)cc1Cl)C(=O)Nc1ccc2ccccc2n1. The standard InChI is InChI=1S/C18H14Cl2N2O2/c1-11(24-16-8-7-13(19)10-14(16)20)18(23)22-17-9-6-12-4-2-3-5-15(12)21-17/h2-11H,1H3,(H,21,22,23). The number of amides is 1. The number of carbonyl (C=O) groups is 1. The molecular weight excluding hydrogens is 347 g/mol. The number of hydrogen-bond acceptors (Lipinski definition) is 3. The second kappa shape index (κ2) is 7.07. The molecule has 2 aromatic carbocycles. The van der Waals surface area contributed by atoms with E-state index in [9.17, 15) is 4.79 Å². The van der Waals surface area contributed by atoms with Crippen LogP contribution in [-0.4, -0.2) is 17.0 Å². The molecule has 1 unspecified atom stereocenters. The highest BCUT2D eigenvalue weighted by atomic mass is 35.5. The number of nitrogens with one attached hydrogen (secondary N) is 1. The van der Waals surface area contributed by atoms with Gasteiger partial charge in [0, 0.05) is 10.4 Å². The van der Waals surface area contributed by atoms with Gasteiger partial charge in [-0.05, 0) is 43.3 Å². The predicted octanol–water partition coefficient (Wildman–Crippen LogP) is 4.95. The van der Waals surface area contributed by atoms with Gasteiger partial charge < -0.3 is 10.1 Å². The molecule has 3 rings (SSSR count). The Morgan fingerprint density at radius 3 is 2.71 bits per heavy atom. The van der Waals surface area contributed by atoms with E-state index < -0.39 is 6.10 Å². The smallest absolute Gasteiger partial charge is 0.266 e. The largest absolute Gasteiger partial charge is 0.479 e. The zero-order valence-electron chi connectivity index (χ0n) is 12.8. The number of hydrogen-bond donors (Lipinski definition) is 1. The average molecular weight is 361 g/mol. The summed E-state index contributed by atoms with van der Waals surface area (Å²) in [6.45, 7) is 1.64. The normalized spacial score (nSPS) is 12.0. The van der Waals surface area contributed by atoms with Crippen molar-refractivity contribution in [3.8, 4) is 5.75 Å². The Morgan fingerprint density at radius 2 is 1.92 bits per heavy atom. The van der Waals surface area contributed by atoms with Crippen LogP contribution in [0.15, 0.2) is 54.6 Å². The van der Waals surface area contributed by atoms with E-state index in [1.807, 2.05) is 30.3 Å². The summed E-state index contributed by atoms with van der Waals surface area (Å²) in [5.74, 6) is 0.551. The Bertz CT molecular complexity index is 899. The third-order valence-electron chi connectivity index (χ3n) is 3.42. The summed E-state index contributed by atoms with van der Waals surface area (Å²) in [5, 5.41) is 4.61. The third kappa shape index (κ3) is 3.78. The number of halogens is 2. The summed E-state index contributed by atoms with van der Waals surface area (Å²) in [7, 11) is 0. The van der Waals surface area contributed by atoms with Crippen molar-refractivity contribution in [2.24, 2.45) is 0 Å². The molecule has 0 spiro atoms. The molecule has 1 amide bonds. The maximum atomic E-state index is 12.3. The summed E-state index contributed by atoms with van der Waals surface area (Å²) in [6, 6.07) is 16.2. The molecule has 0 aliphatic heterocycles. The molecule has 0 aliphatic rings. The molecule has 4 nitrogen and oxygen atoms in total. The zero-order valence-corrected chi connectivity index (χ0v) is 14.3. The van der Waals surface area contributed by atoms with Crippen molar-refractivity contribution in [2.45, 2.75) is 13.0 Å². The maximum absolute atomic E-state index is 12.3. The molecule has 0 saturated heterocycles. The van der Waals surface area contributed by atoms with Crippen LogP contribution in [0.5, 0.6) is 5.75 Å². The van der Waals surface area contributed by atoms with Gasteiger partial charge in [-0.3, -0.25) is 4.79 Å². The van der Waals surface area contributed by atoms with Crippen LogP contribution < -0.4 is 10.1 Å². The number of carbonyl (C=O) groups excluding carboxylic acids is 1. The lowest BCUT2D eigenvalue weighted by atomic mass is 10.2. The Hall–Kier alpha value is -2.30. The van der Waals surface area contributed by atoms with Gasteiger partial charge >= 0.3 is 0 Å². The van der Waals surface area contributed by atoms with Crippen molar-refractivity contribution in [1.29, 1.82) is 0 Å². The molecule has 1 aromatic heterocycles. The minimum atomic E-state index is -0.739. The summed E-state index contributed by atoms with van der Waals surface area (Å²) < 4.78 is 5.59. The van der Waals surface area contributed by atoms with Crippen molar-refractivity contribution in [3.05, 3.63) is 64.6 Å². The number of ether oxygens (including phenoxy) is 1. The molecule has 1 atom stereocenters. The van der Waals surface area contributed by atoms with Crippen LogP contribution in [0, 0.1) is 0 Å². The van der Waals surface area contributed by atoms with E-state index in [1.165, 1.54) is 0 Å². The van der Waals surface area contributed by atoms with E-state index in [-0.39, 0.29) is 5.91 Å². The first-order valence-corrected chi connectivity index (χ1v) is 8.07. The van der Waals surface area contributed by atoms with Crippen LogP contribution in [-0.2, 0) is 4.79 Å². The minimum absolute atomic E-state index is 0.316. The molecule has 1 N–H and O–H groups in total. The van der Waals surface area contributed by atoms with Crippen LogP contribution in [0.3, 0.4) is 0 Å². The highest BCUT2D eigenvalue weighted by molar-refractivity contribution is 6.35. The van der Waals surface area contributed by atoms with Crippen molar-refractivity contribution >= 4 is 45.8 Å². The van der Waals surface area contributed by atoms with E-state index in [4.69, 9.17) is 27.9 Å². The first-order chi connectivity index (χ1) is 11.5. The maximum Gasteiger partial charge on any atom is 0.266 e. The van der Waals surface area contributed by atoms with Crippen molar-refractivity contribution in [2.75, 3.05) is 5.32 Å². The highest BCUT2D eigenvalue weighted by Gasteiger charge is 2.17. The fraction of sp³-hybridized carbons (Fsp3) is 0.111. The molecule has 6 heteroatoms. The predicted molar refractivity (Wildman–Crippen MR) is 96.9 cm³/mol. The lowest BCUT2D eigenvalue weighted by Gasteiger charge is -2.15. The number of benzene rings is 2. The lowest BCUT2D eigenvalue weighted by Crippen LogP contribution is -2.30. The van der Waals surface area contributed by atoms with Crippen molar-refractivity contribution in [3.63, 3.8) is 0 Å². The first-order valence-electron chi connectivity index (χ1n) is 7.31. The highest BCUT2D eigenvalue weighted by Crippen LogP contribution is 2.28. The van der Waals surface area contributed by atoms with Crippen molar-refractivity contribution in [1.82, 2.24) is 4.98 Å². The van der Waals surface area contributed by atoms with E-state index in [2.05, 4.69) is 10.3 Å². The lowest BCUT2D eigenvalue weighted by molar-refractivity contribution is -0.122. The molecule has 1 heterocycles. The van der Waals surface area contributed by atoms with Gasteiger partial charge in [-0.1, -0.05) is 41.4 Å². The van der Waals surface area contributed by atoms with Crippen LogP contribution in [0.4, 0.5) is 5.82 Å². The summed E-state index contributed by atoms with van der Waals surface area (Å²) >= 11 is 11.9. The number of para-hydroxylation sites is 1. The van der Waals surface area contributed by atoms with Gasteiger partial charge in [-0.15, -0.1) is 0 Å². The van der Waals surface area contributed by atoms with E-state index in [0.717, 1.165) is 10.9 Å². The molecule has 0 fully saturated rings. The first kappa shape index (κ1) is 16.6. The molecule has 0 aliphatic carbocycles. The molecular formula is C18H14Cl2N2O2. The average Bonchev–Trinajstić information content (AvgIpc) is 2.57. The quantitative estimate of drug-likeness (QED) is 0.716. The van der Waals surface area contributed by atoms with Gasteiger partial charge in [-0.25, -0.2) is 4.98 Å². The van der Waals surface area contributed by atoms with Crippen LogP contribution in [0.2, 0.25) is 10.0 Å². The van der Waals surface area contributed by atoms with Crippen molar-refractivity contribution < 1.29 is 9.53 Å². The zero-order chi connectivity index (χ0) is 17.1. The topological polar surface area (TPSA) is 51.2 Å². The number of nitrogens with zero attached hydrogens (tertiary/aromatic N) is 1. The van der Waals surface area contributed by atoms with Crippen LogP contribution in [0.1, 0.15) is 6.92 Å². The minimum Gasteiger partial charge on any atom is -0.479 e. The summed E-state index contributed by atoms with van der Waals surface area (Å²) in [6.07, 6.45) is -0.739. The Kier molecular flexibility index (Phi) is 4.88. The monoisotopic (exact) mass is 360 g/mol. The van der Waals surface area contributed by atoms with Gasteiger partial charge in [0.25, 0.3) is 5.91 Å². The fourth-order valence-electron chi connectivity index (χ4n) is 2.18. The fourth-order valence-corrected chi connectivity index (χ4v) is 2.63. The van der Waals surface area contributed by atoms with Gasteiger partial charge in [0.05, 0.1) is 10.5 Å². The molecule has 24 heavy (non-hydrogen) atoms. The van der Waals surface area contributed by atoms with E-state index in [1.54, 1.807) is 31.2 Å². The van der Waals surface area contributed by atoms with Gasteiger partial charge in [0.2, 0.25) is 0 Å². The Labute approximate surface area is 149 Å². The van der Waals surface area contributed by atoms with Gasteiger partial charge in [0.15, 0.2) is 6.10 Å². The molecule has 0 bridgehead atoms. The van der Waals surface area contributed by atoms with E-state index >= 15 is 0 Å². The number of aromatic nitrogens is 1. The second-order valence-electron chi connectivity index (χ2n) is 5.21. The number of pyridine rings is 1. The molecule has 122 valence electrons. The summed E-state index contributed by atoms with van der Waals surface area (Å²) in [5.41, 5.74) is 0.810. The Morgan fingerprint density at radius 1 is 1.12 bits per heavy atom. The molecule has 0 saturated carbocycles.